The van der Waals surface area contributed by atoms with Gasteiger partial charge >= 0.3 is 6.09 Å². The third-order valence-electron chi connectivity index (χ3n) is 5.48. The summed E-state index contributed by atoms with van der Waals surface area (Å²) in [7, 11) is 0. The Balaban J connectivity index is 1.57. The molecule has 1 atom stereocenters. The van der Waals surface area contributed by atoms with Gasteiger partial charge in [-0.3, -0.25) is 4.79 Å². The molecule has 0 bridgehead atoms. The number of likely N-dealkylation sites (tertiary alicyclic amines) is 2. The van der Waals surface area contributed by atoms with Gasteiger partial charge in [-0.25, -0.2) is 4.79 Å². The second kappa shape index (κ2) is 8.60. The van der Waals surface area contributed by atoms with Crippen molar-refractivity contribution < 1.29 is 19.4 Å². The molecule has 0 spiro atoms. The number of phenolic OH excluding ortho intramolecular Hbond substituents is 1. The van der Waals surface area contributed by atoms with Crippen molar-refractivity contribution in [3.8, 4) is 5.75 Å². The molecule has 1 aromatic carbocycles. The van der Waals surface area contributed by atoms with Gasteiger partial charge in [0.1, 0.15) is 11.4 Å². The lowest BCUT2D eigenvalue weighted by atomic mass is 9.97. The van der Waals surface area contributed by atoms with Gasteiger partial charge in [-0.1, -0.05) is 23.2 Å². The summed E-state index contributed by atoms with van der Waals surface area (Å²) < 4.78 is 5.44. The van der Waals surface area contributed by atoms with Crippen molar-refractivity contribution in [2.24, 2.45) is 5.92 Å². The fraction of sp³-hybridized carbons (Fsp3) is 0.619. The second-order valence-electron chi connectivity index (χ2n) is 8.81. The molecule has 6 nitrogen and oxygen atoms in total. The molecule has 160 valence electrons. The van der Waals surface area contributed by atoms with E-state index in [1.54, 1.807) is 4.90 Å². The summed E-state index contributed by atoms with van der Waals surface area (Å²) in [6, 6.07) is 3.04. The SMILES string of the molecule is CC(C)(C)OC(=O)N1CCC(N2CC[C@@H](Cc3c(Cl)cc(O)cc3Cl)C2=O)CC1. The maximum Gasteiger partial charge on any atom is 0.410 e. The lowest BCUT2D eigenvalue weighted by Gasteiger charge is -2.37. The summed E-state index contributed by atoms with van der Waals surface area (Å²) in [5.74, 6) is -0.0424. The summed E-state index contributed by atoms with van der Waals surface area (Å²) >= 11 is 12.4. The van der Waals surface area contributed by atoms with Gasteiger partial charge in [-0.05, 0) is 64.2 Å². The predicted molar refractivity (Wildman–Crippen MR) is 112 cm³/mol. The number of nitrogens with zero attached hydrogens (tertiary/aromatic N) is 2. The maximum absolute atomic E-state index is 13.0. The van der Waals surface area contributed by atoms with Crippen molar-refractivity contribution in [3.05, 3.63) is 27.7 Å². The zero-order chi connectivity index (χ0) is 21.3. The van der Waals surface area contributed by atoms with Gasteiger partial charge in [0.25, 0.3) is 0 Å². The first-order valence-corrected chi connectivity index (χ1v) is 10.8. The largest absolute Gasteiger partial charge is 0.508 e. The highest BCUT2D eigenvalue weighted by Gasteiger charge is 2.38. The van der Waals surface area contributed by atoms with E-state index in [2.05, 4.69) is 0 Å². The van der Waals surface area contributed by atoms with Gasteiger partial charge < -0.3 is 19.6 Å². The summed E-state index contributed by atoms with van der Waals surface area (Å²) in [5.41, 5.74) is 0.189. The zero-order valence-electron chi connectivity index (χ0n) is 17.1. The Morgan fingerprint density at radius 1 is 1.14 bits per heavy atom. The number of ether oxygens (including phenoxy) is 1. The molecule has 29 heavy (non-hydrogen) atoms. The summed E-state index contributed by atoms with van der Waals surface area (Å²) in [6.45, 7) is 7.44. The first-order valence-electron chi connectivity index (χ1n) is 10.0. The lowest BCUT2D eigenvalue weighted by molar-refractivity contribution is -0.133. The zero-order valence-corrected chi connectivity index (χ0v) is 18.6. The van der Waals surface area contributed by atoms with Crippen molar-refractivity contribution in [3.63, 3.8) is 0 Å². The van der Waals surface area contributed by atoms with E-state index < -0.39 is 5.60 Å². The molecule has 1 aromatic rings. The molecule has 3 rings (SSSR count). The fourth-order valence-electron chi connectivity index (χ4n) is 4.03. The van der Waals surface area contributed by atoms with Crippen LogP contribution in [0.1, 0.15) is 45.6 Å². The Hall–Kier alpha value is -1.66. The normalized spacial score (nSPS) is 21.0. The molecule has 0 radical (unpaired) electrons. The van der Waals surface area contributed by atoms with E-state index in [0.29, 0.717) is 41.7 Å². The average molecular weight is 443 g/mol. The number of rotatable bonds is 3. The fourth-order valence-corrected chi connectivity index (χ4v) is 4.66. The molecular formula is C21H28Cl2N2O4. The molecule has 0 saturated carbocycles. The van der Waals surface area contributed by atoms with Crippen molar-refractivity contribution in [1.82, 2.24) is 9.80 Å². The molecule has 2 aliphatic heterocycles. The third kappa shape index (κ3) is 5.28. The highest BCUT2D eigenvalue weighted by molar-refractivity contribution is 6.36. The van der Waals surface area contributed by atoms with Gasteiger partial charge in [0, 0.05) is 41.6 Å². The number of aromatic hydroxyl groups is 1. The van der Waals surface area contributed by atoms with E-state index in [4.69, 9.17) is 27.9 Å². The number of halogens is 2. The number of amides is 2. The van der Waals surface area contributed by atoms with Crippen LogP contribution >= 0.6 is 23.2 Å². The first kappa shape index (κ1) is 22.0. The standard InChI is InChI=1S/C21H28Cl2N2O4/c1-21(2,3)29-20(28)24-7-5-14(6-8-24)25-9-4-13(19(25)27)10-16-17(22)11-15(26)12-18(16)23/h11-14,26H,4-10H2,1-3H3/t13-/m0/s1. The number of hydrogen-bond donors (Lipinski definition) is 1. The van der Waals surface area contributed by atoms with E-state index in [-0.39, 0.29) is 29.7 Å². The minimum absolute atomic E-state index is 0.0138. The van der Waals surface area contributed by atoms with Crippen LogP contribution in [0.3, 0.4) is 0 Å². The Kier molecular flexibility index (Phi) is 6.54. The Morgan fingerprint density at radius 3 is 2.28 bits per heavy atom. The maximum atomic E-state index is 13.0. The van der Waals surface area contributed by atoms with Gasteiger partial charge in [-0.2, -0.15) is 0 Å². The van der Waals surface area contributed by atoms with Gasteiger partial charge in [0.15, 0.2) is 0 Å². The van der Waals surface area contributed by atoms with Crippen LogP contribution in [0.25, 0.3) is 0 Å². The van der Waals surface area contributed by atoms with Crippen molar-refractivity contribution in [2.75, 3.05) is 19.6 Å². The highest BCUT2D eigenvalue weighted by Crippen LogP contribution is 2.35. The quantitative estimate of drug-likeness (QED) is 0.748. The summed E-state index contributed by atoms with van der Waals surface area (Å²) in [5, 5.41) is 10.3. The highest BCUT2D eigenvalue weighted by atomic mass is 35.5. The van der Waals surface area contributed by atoms with Crippen molar-refractivity contribution in [1.29, 1.82) is 0 Å². The minimum atomic E-state index is -0.511. The second-order valence-corrected chi connectivity index (χ2v) is 9.62. The molecule has 8 heteroatoms. The van der Waals surface area contributed by atoms with Crippen molar-refractivity contribution in [2.45, 2.75) is 58.1 Å². The van der Waals surface area contributed by atoms with Crippen LogP contribution in [0.15, 0.2) is 12.1 Å². The number of benzene rings is 1. The third-order valence-corrected chi connectivity index (χ3v) is 6.16. The summed E-state index contributed by atoms with van der Waals surface area (Å²) in [4.78, 5) is 28.9. The van der Waals surface area contributed by atoms with E-state index in [1.165, 1.54) is 12.1 Å². The Labute approximate surface area is 181 Å². The van der Waals surface area contributed by atoms with Gasteiger partial charge in [0.05, 0.1) is 0 Å². The van der Waals surface area contributed by atoms with E-state index in [9.17, 15) is 14.7 Å². The molecule has 0 aliphatic carbocycles. The molecule has 2 amide bonds. The number of carbonyl (C=O) groups excluding carboxylic acids is 2. The van der Waals surface area contributed by atoms with Crippen LogP contribution in [0, 0.1) is 5.92 Å². The molecule has 2 fully saturated rings. The number of phenols is 1. The minimum Gasteiger partial charge on any atom is -0.508 e. The molecule has 1 N–H and O–H groups in total. The monoisotopic (exact) mass is 442 g/mol. The average Bonchev–Trinajstić information content (AvgIpc) is 2.97. The molecule has 2 heterocycles. The predicted octanol–water partition coefficient (Wildman–Crippen LogP) is 4.49. The van der Waals surface area contributed by atoms with Crippen LogP contribution in [-0.4, -0.2) is 58.2 Å². The molecule has 0 unspecified atom stereocenters. The number of piperidine rings is 1. The van der Waals surface area contributed by atoms with Crippen LogP contribution in [0.4, 0.5) is 4.79 Å². The van der Waals surface area contributed by atoms with E-state index in [0.717, 1.165) is 19.3 Å². The van der Waals surface area contributed by atoms with Crippen LogP contribution in [0.5, 0.6) is 5.75 Å². The van der Waals surface area contributed by atoms with Crippen LogP contribution in [-0.2, 0) is 16.0 Å². The summed E-state index contributed by atoms with van der Waals surface area (Å²) in [6.07, 6.45) is 2.41. The Morgan fingerprint density at radius 2 is 1.72 bits per heavy atom. The smallest absolute Gasteiger partial charge is 0.410 e. The van der Waals surface area contributed by atoms with Crippen LogP contribution in [0.2, 0.25) is 10.0 Å². The van der Waals surface area contributed by atoms with E-state index >= 15 is 0 Å². The van der Waals surface area contributed by atoms with Crippen molar-refractivity contribution >= 4 is 35.2 Å². The van der Waals surface area contributed by atoms with Crippen LogP contribution < -0.4 is 0 Å². The number of hydrogen-bond acceptors (Lipinski definition) is 4. The Bertz CT molecular complexity index is 762. The topological polar surface area (TPSA) is 70.1 Å². The van der Waals surface area contributed by atoms with Gasteiger partial charge in [-0.15, -0.1) is 0 Å². The van der Waals surface area contributed by atoms with E-state index in [1.807, 2.05) is 25.7 Å². The molecular weight excluding hydrogens is 415 g/mol. The van der Waals surface area contributed by atoms with Gasteiger partial charge in [0.2, 0.25) is 5.91 Å². The lowest BCUT2D eigenvalue weighted by Crippen LogP contribution is -2.48. The first-order chi connectivity index (χ1) is 13.5. The molecule has 0 aromatic heterocycles. The molecule has 2 saturated heterocycles. The molecule has 2 aliphatic rings. The number of carbonyl (C=O) groups is 2.